The topological polar surface area (TPSA) is 76.6 Å². The lowest BCUT2D eigenvalue weighted by Gasteiger charge is -2.36. The molecule has 4 atom stereocenters. The zero-order chi connectivity index (χ0) is 18.3. The Kier molecular flexibility index (Phi) is 4.32. The maximum absolute atomic E-state index is 12.4. The molecule has 7 heteroatoms. The molecule has 0 radical (unpaired) electrons. The van der Waals surface area contributed by atoms with Gasteiger partial charge in [0.1, 0.15) is 23.6 Å². The van der Waals surface area contributed by atoms with E-state index in [-0.39, 0.29) is 36.2 Å². The number of fused-ring (bicyclic) bond motifs is 2. The molecule has 26 heavy (non-hydrogen) atoms. The van der Waals surface area contributed by atoms with Crippen molar-refractivity contribution >= 4 is 11.9 Å². The van der Waals surface area contributed by atoms with Gasteiger partial charge in [0.2, 0.25) is 0 Å². The summed E-state index contributed by atoms with van der Waals surface area (Å²) in [7, 11) is 3.87. The van der Waals surface area contributed by atoms with E-state index >= 15 is 0 Å². The maximum atomic E-state index is 12.4. The summed E-state index contributed by atoms with van der Waals surface area (Å²) in [5.74, 6) is -0.635. The van der Waals surface area contributed by atoms with Gasteiger partial charge in [-0.15, -0.1) is 0 Å². The number of likely N-dealkylation sites (N-methyl/N-ethyl adjacent to an activating group) is 1. The summed E-state index contributed by atoms with van der Waals surface area (Å²) >= 11 is 0. The Morgan fingerprint density at radius 2 is 1.92 bits per heavy atom. The lowest BCUT2D eigenvalue weighted by atomic mass is 10.00. The normalized spacial score (nSPS) is 28.1. The van der Waals surface area contributed by atoms with E-state index in [1.54, 1.807) is 29.0 Å². The number of aromatic nitrogens is 2. The molecule has 2 aromatic heterocycles. The van der Waals surface area contributed by atoms with Crippen LogP contribution in [0.4, 0.5) is 0 Å². The molecule has 0 aromatic carbocycles. The first kappa shape index (κ1) is 16.9. The van der Waals surface area contributed by atoms with Crippen molar-refractivity contribution in [3.8, 4) is 0 Å². The van der Waals surface area contributed by atoms with Gasteiger partial charge in [-0.05, 0) is 31.3 Å². The zero-order valence-corrected chi connectivity index (χ0v) is 14.9. The van der Waals surface area contributed by atoms with Crippen LogP contribution in [0.25, 0.3) is 0 Å². The van der Waals surface area contributed by atoms with Crippen LogP contribution in [0.3, 0.4) is 0 Å². The van der Waals surface area contributed by atoms with Gasteiger partial charge in [-0.2, -0.15) is 0 Å². The molecule has 0 saturated carbocycles. The molecule has 4 unspecified atom stereocenters. The molecule has 2 aromatic rings. The molecule has 0 spiro atoms. The van der Waals surface area contributed by atoms with Gasteiger partial charge >= 0.3 is 11.9 Å². The fourth-order valence-corrected chi connectivity index (χ4v) is 4.14. The second-order valence-electron chi connectivity index (χ2n) is 7.15. The smallest absolute Gasteiger partial charge is 0.355 e. The first-order chi connectivity index (χ1) is 12.5. The fraction of sp³-hybridized carbons (Fsp3) is 0.474. The molecule has 4 rings (SSSR count). The van der Waals surface area contributed by atoms with Crippen LogP contribution in [0.5, 0.6) is 0 Å². The summed E-state index contributed by atoms with van der Waals surface area (Å²) < 4.78 is 13.2. The van der Waals surface area contributed by atoms with E-state index in [0.717, 1.165) is 12.8 Å². The van der Waals surface area contributed by atoms with Crippen molar-refractivity contribution in [2.75, 3.05) is 7.05 Å². The number of nitrogens with zero attached hydrogens (tertiary/aromatic N) is 2. The number of hydrogen-bond donors (Lipinski definition) is 1. The maximum Gasteiger partial charge on any atom is 0.355 e. The minimum Gasteiger partial charge on any atom is -0.458 e. The molecule has 2 fully saturated rings. The number of ether oxygens (including phenoxy) is 2. The lowest BCUT2D eigenvalue weighted by molar-refractivity contribution is -0.0158. The molecule has 4 heterocycles. The van der Waals surface area contributed by atoms with Crippen LogP contribution in [0.1, 0.15) is 40.2 Å². The summed E-state index contributed by atoms with van der Waals surface area (Å²) in [6.07, 6.45) is 5.40. The van der Waals surface area contributed by atoms with E-state index in [2.05, 4.69) is 9.88 Å². The van der Waals surface area contributed by atoms with Gasteiger partial charge in [0.05, 0.1) is 6.04 Å². The summed E-state index contributed by atoms with van der Waals surface area (Å²) in [6.45, 7) is 0. The number of piperidine rings is 1. The van der Waals surface area contributed by atoms with Gasteiger partial charge in [-0.3, -0.25) is 4.90 Å². The Morgan fingerprint density at radius 1 is 1.08 bits per heavy atom. The van der Waals surface area contributed by atoms with Crippen molar-refractivity contribution in [1.82, 2.24) is 14.5 Å². The summed E-state index contributed by atoms with van der Waals surface area (Å²) in [4.78, 5) is 29.8. The number of aromatic amines is 1. The van der Waals surface area contributed by atoms with Crippen LogP contribution in [0, 0.1) is 0 Å². The second kappa shape index (κ2) is 6.64. The second-order valence-corrected chi connectivity index (χ2v) is 7.15. The largest absolute Gasteiger partial charge is 0.458 e. The lowest BCUT2D eigenvalue weighted by Crippen LogP contribution is -2.46. The van der Waals surface area contributed by atoms with E-state index in [4.69, 9.17) is 9.47 Å². The quantitative estimate of drug-likeness (QED) is 0.847. The first-order valence-electron chi connectivity index (χ1n) is 8.91. The number of carbonyl (C=O) groups excluding carboxylic acids is 2. The third kappa shape index (κ3) is 3.03. The monoisotopic (exact) mass is 357 g/mol. The molecule has 0 amide bonds. The van der Waals surface area contributed by atoms with Crippen molar-refractivity contribution in [3.63, 3.8) is 0 Å². The third-order valence-corrected chi connectivity index (χ3v) is 5.57. The fourth-order valence-electron chi connectivity index (χ4n) is 4.14. The molecular weight excluding hydrogens is 334 g/mol. The number of hydrogen-bond acceptors (Lipinski definition) is 5. The average molecular weight is 357 g/mol. The van der Waals surface area contributed by atoms with Crippen molar-refractivity contribution in [2.45, 2.75) is 43.6 Å². The van der Waals surface area contributed by atoms with E-state index < -0.39 is 0 Å². The molecule has 138 valence electrons. The molecule has 2 bridgehead atoms. The highest BCUT2D eigenvalue weighted by molar-refractivity contribution is 5.88. The number of aryl methyl sites for hydroxylation is 1. The zero-order valence-electron chi connectivity index (χ0n) is 14.9. The Labute approximate surface area is 151 Å². The van der Waals surface area contributed by atoms with Crippen LogP contribution < -0.4 is 0 Å². The summed E-state index contributed by atoms with van der Waals surface area (Å²) in [5, 5.41) is 0. The van der Waals surface area contributed by atoms with Crippen molar-refractivity contribution in [1.29, 1.82) is 0 Å². The van der Waals surface area contributed by atoms with Gasteiger partial charge in [0.25, 0.3) is 0 Å². The molecule has 2 aliphatic heterocycles. The third-order valence-electron chi connectivity index (χ3n) is 5.57. The van der Waals surface area contributed by atoms with E-state index in [9.17, 15) is 9.59 Å². The van der Waals surface area contributed by atoms with E-state index in [1.807, 2.05) is 26.4 Å². The first-order valence-corrected chi connectivity index (χ1v) is 8.91. The minimum atomic E-state index is -0.335. The predicted molar refractivity (Wildman–Crippen MR) is 93.8 cm³/mol. The molecule has 1 N–H and O–H groups in total. The molecular formula is C19H23N3O4. The van der Waals surface area contributed by atoms with Crippen LogP contribution >= 0.6 is 0 Å². The highest BCUT2D eigenvalue weighted by Crippen LogP contribution is 2.38. The molecule has 2 aliphatic rings. The average Bonchev–Trinajstić information content (AvgIpc) is 3.30. The van der Waals surface area contributed by atoms with Crippen molar-refractivity contribution < 1.29 is 19.1 Å². The number of H-pyrrole nitrogens is 1. The van der Waals surface area contributed by atoms with Gasteiger partial charge in [-0.1, -0.05) is 0 Å². The highest BCUT2D eigenvalue weighted by Gasteiger charge is 2.48. The highest BCUT2D eigenvalue weighted by atomic mass is 16.6. The van der Waals surface area contributed by atoms with E-state index in [1.165, 1.54) is 0 Å². The Hall–Kier alpha value is -2.54. The number of esters is 2. The van der Waals surface area contributed by atoms with Gasteiger partial charge in [0, 0.05) is 44.7 Å². The number of nitrogens with one attached hydrogen (secondary N) is 1. The Bertz CT molecular complexity index is 798. The summed E-state index contributed by atoms with van der Waals surface area (Å²) in [6, 6.07) is 7.38. The summed E-state index contributed by atoms with van der Waals surface area (Å²) in [5.41, 5.74) is 1.01. The van der Waals surface area contributed by atoms with Crippen LogP contribution in [0.2, 0.25) is 0 Å². The van der Waals surface area contributed by atoms with Crippen molar-refractivity contribution in [2.24, 2.45) is 7.05 Å². The predicted octanol–water partition coefficient (Wildman–Crippen LogP) is 1.97. The van der Waals surface area contributed by atoms with Gasteiger partial charge < -0.3 is 19.0 Å². The molecule has 7 nitrogen and oxygen atoms in total. The Balaban J connectivity index is 1.40. The van der Waals surface area contributed by atoms with Gasteiger partial charge in [-0.25, -0.2) is 9.59 Å². The van der Waals surface area contributed by atoms with Crippen LogP contribution in [-0.4, -0.2) is 57.7 Å². The number of rotatable bonds is 4. The van der Waals surface area contributed by atoms with Gasteiger partial charge in [0.15, 0.2) is 0 Å². The minimum absolute atomic E-state index is 0.0684. The standard InChI is InChI=1S/C19H23N3O4/c1-21-8-4-6-15(21)19(24)25-13-9-12-10-17(16(11-13)22(12)2)26-18(23)14-5-3-7-20-14/h3-8,12-13,16-17,20H,9-11H2,1-2H3. The van der Waals surface area contributed by atoms with E-state index in [0.29, 0.717) is 17.8 Å². The Morgan fingerprint density at radius 3 is 2.62 bits per heavy atom. The molecule has 2 saturated heterocycles. The van der Waals surface area contributed by atoms with Crippen LogP contribution in [0.15, 0.2) is 36.7 Å². The molecule has 0 aliphatic carbocycles. The van der Waals surface area contributed by atoms with Crippen LogP contribution in [-0.2, 0) is 16.5 Å². The SMILES string of the molecule is CN1C2CC(OC(=O)c3cccn3C)CC1C(OC(=O)c1ccc[nH]1)C2. The van der Waals surface area contributed by atoms with Crippen molar-refractivity contribution in [3.05, 3.63) is 48.0 Å². The number of carbonyl (C=O) groups is 2.